The molecule has 1 fully saturated rings. The van der Waals surface area contributed by atoms with Crippen molar-refractivity contribution in [1.82, 2.24) is 19.8 Å². The molecule has 0 spiro atoms. The SMILES string of the molecule is CC(C(=O)N1CCNCC1c1nccn1C)C(F)(F)F.Cl. The first-order chi connectivity index (χ1) is 9.32. The molecule has 0 aromatic carbocycles. The molecule has 0 radical (unpaired) electrons. The zero-order valence-corrected chi connectivity index (χ0v) is 12.5. The summed E-state index contributed by atoms with van der Waals surface area (Å²) in [5.41, 5.74) is 0. The lowest BCUT2D eigenvalue weighted by Crippen LogP contribution is -2.52. The Balaban J connectivity index is 0.00000220. The van der Waals surface area contributed by atoms with Crippen molar-refractivity contribution < 1.29 is 18.0 Å². The van der Waals surface area contributed by atoms with Crippen molar-refractivity contribution in [2.45, 2.75) is 19.1 Å². The van der Waals surface area contributed by atoms with Gasteiger partial charge in [-0.3, -0.25) is 4.79 Å². The van der Waals surface area contributed by atoms with Crippen molar-refractivity contribution in [3.05, 3.63) is 18.2 Å². The van der Waals surface area contributed by atoms with E-state index in [0.717, 1.165) is 6.92 Å². The monoisotopic (exact) mass is 326 g/mol. The number of aromatic nitrogens is 2. The van der Waals surface area contributed by atoms with Crippen molar-refractivity contribution in [3.8, 4) is 0 Å². The zero-order chi connectivity index (χ0) is 14.9. The molecule has 2 heterocycles. The third kappa shape index (κ3) is 3.68. The molecule has 2 unspecified atom stereocenters. The maximum Gasteiger partial charge on any atom is 0.400 e. The Labute approximate surface area is 126 Å². The minimum absolute atomic E-state index is 0. The van der Waals surface area contributed by atoms with Crippen LogP contribution in [-0.2, 0) is 11.8 Å². The van der Waals surface area contributed by atoms with E-state index in [2.05, 4.69) is 10.3 Å². The molecule has 0 aliphatic carbocycles. The Morgan fingerprint density at radius 3 is 2.71 bits per heavy atom. The Hall–Kier alpha value is -1.28. The van der Waals surface area contributed by atoms with Gasteiger partial charge in [-0.2, -0.15) is 13.2 Å². The number of hydrogen-bond donors (Lipinski definition) is 1. The second-order valence-electron chi connectivity index (χ2n) is 4.91. The second kappa shape index (κ2) is 6.65. The highest BCUT2D eigenvalue weighted by atomic mass is 35.5. The van der Waals surface area contributed by atoms with Gasteiger partial charge in [0, 0.05) is 39.1 Å². The van der Waals surface area contributed by atoms with E-state index < -0.39 is 24.0 Å². The van der Waals surface area contributed by atoms with E-state index in [1.807, 2.05) is 0 Å². The highest BCUT2D eigenvalue weighted by molar-refractivity contribution is 5.85. The van der Waals surface area contributed by atoms with Gasteiger partial charge in [-0.05, 0) is 6.92 Å². The number of carbonyl (C=O) groups is 1. The number of carbonyl (C=O) groups excluding carboxylic acids is 1. The van der Waals surface area contributed by atoms with Crippen LogP contribution >= 0.6 is 12.4 Å². The highest BCUT2D eigenvalue weighted by Gasteiger charge is 2.45. The number of nitrogens with zero attached hydrogens (tertiary/aromatic N) is 3. The van der Waals surface area contributed by atoms with E-state index in [9.17, 15) is 18.0 Å². The lowest BCUT2D eigenvalue weighted by molar-refractivity contribution is -0.187. The van der Waals surface area contributed by atoms with E-state index >= 15 is 0 Å². The lowest BCUT2D eigenvalue weighted by Gasteiger charge is -2.37. The van der Waals surface area contributed by atoms with Gasteiger partial charge >= 0.3 is 6.18 Å². The molecule has 1 aromatic heterocycles. The summed E-state index contributed by atoms with van der Waals surface area (Å²) >= 11 is 0. The summed E-state index contributed by atoms with van der Waals surface area (Å²) in [5.74, 6) is -2.31. The number of halogens is 4. The molecule has 1 aliphatic heterocycles. The summed E-state index contributed by atoms with van der Waals surface area (Å²) in [4.78, 5) is 17.5. The van der Waals surface area contributed by atoms with Gasteiger partial charge in [0.05, 0.1) is 0 Å². The van der Waals surface area contributed by atoms with Crippen molar-refractivity contribution in [3.63, 3.8) is 0 Å². The molecule has 1 saturated heterocycles. The maximum absolute atomic E-state index is 12.7. The Kier molecular flexibility index (Phi) is 5.63. The van der Waals surface area contributed by atoms with Crippen LogP contribution in [0, 0.1) is 5.92 Å². The Morgan fingerprint density at radius 1 is 1.52 bits per heavy atom. The largest absolute Gasteiger partial charge is 0.400 e. The van der Waals surface area contributed by atoms with Crippen molar-refractivity contribution in [1.29, 1.82) is 0 Å². The third-order valence-corrected chi connectivity index (χ3v) is 3.54. The number of aryl methyl sites for hydroxylation is 1. The van der Waals surface area contributed by atoms with Crippen LogP contribution < -0.4 is 5.32 Å². The summed E-state index contributed by atoms with van der Waals surface area (Å²) in [6, 6.07) is -0.471. The molecule has 21 heavy (non-hydrogen) atoms. The molecular formula is C12H18ClF3N4O. The van der Waals surface area contributed by atoms with E-state index in [1.54, 1.807) is 24.0 Å². The lowest BCUT2D eigenvalue weighted by atomic mass is 10.1. The summed E-state index contributed by atoms with van der Waals surface area (Å²) < 4.78 is 39.9. The Bertz CT molecular complexity index is 491. The molecule has 1 aromatic rings. The molecule has 1 amide bonds. The van der Waals surface area contributed by atoms with Gasteiger partial charge in [-0.1, -0.05) is 0 Å². The average molecular weight is 327 g/mol. The second-order valence-corrected chi connectivity index (χ2v) is 4.91. The number of piperazine rings is 1. The smallest absolute Gasteiger partial charge is 0.336 e. The molecule has 5 nitrogen and oxygen atoms in total. The van der Waals surface area contributed by atoms with Crippen LogP contribution in [0.4, 0.5) is 13.2 Å². The number of rotatable bonds is 2. The first-order valence-electron chi connectivity index (χ1n) is 6.37. The van der Waals surface area contributed by atoms with E-state index in [0.29, 0.717) is 18.9 Å². The molecule has 120 valence electrons. The fourth-order valence-corrected chi connectivity index (χ4v) is 2.29. The molecule has 2 atom stereocenters. The van der Waals surface area contributed by atoms with Crippen LogP contribution in [0.1, 0.15) is 18.8 Å². The van der Waals surface area contributed by atoms with Gasteiger partial charge in [0.2, 0.25) is 5.91 Å². The summed E-state index contributed by atoms with van der Waals surface area (Å²) in [7, 11) is 1.76. The number of nitrogens with one attached hydrogen (secondary N) is 1. The van der Waals surface area contributed by atoms with Crippen LogP contribution in [-0.4, -0.2) is 46.2 Å². The Morgan fingerprint density at radius 2 is 2.19 bits per heavy atom. The number of hydrogen-bond acceptors (Lipinski definition) is 3. The highest BCUT2D eigenvalue weighted by Crippen LogP contribution is 2.30. The summed E-state index contributed by atoms with van der Waals surface area (Å²) in [6.07, 6.45) is -1.24. The number of imidazole rings is 1. The van der Waals surface area contributed by atoms with Crippen LogP contribution in [0.15, 0.2) is 12.4 Å². The van der Waals surface area contributed by atoms with Crippen molar-refractivity contribution in [2.75, 3.05) is 19.6 Å². The first kappa shape index (κ1) is 17.8. The minimum Gasteiger partial charge on any atom is -0.336 e. The predicted molar refractivity (Wildman–Crippen MR) is 73.0 cm³/mol. The van der Waals surface area contributed by atoms with Crippen LogP contribution in [0.3, 0.4) is 0 Å². The van der Waals surface area contributed by atoms with Gasteiger partial charge in [0.1, 0.15) is 17.8 Å². The maximum atomic E-state index is 12.7. The molecule has 1 N–H and O–H groups in total. The molecule has 1 aliphatic rings. The topological polar surface area (TPSA) is 50.2 Å². The van der Waals surface area contributed by atoms with Gasteiger partial charge in [-0.25, -0.2) is 4.98 Å². The quantitative estimate of drug-likeness (QED) is 0.896. The van der Waals surface area contributed by atoms with Crippen LogP contribution in [0.25, 0.3) is 0 Å². The summed E-state index contributed by atoms with van der Waals surface area (Å²) in [5, 5.41) is 3.08. The van der Waals surface area contributed by atoms with Crippen LogP contribution in [0.5, 0.6) is 0 Å². The van der Waals surface area contributed by atoms with E-state index in [1.165, 1.54) is 4.90 Å². The number of alkyl halides is 3. The van der Waals surface area contributed by atoms with Crippen LogP contribution in [0.2, 0.25) is 0 Å². The zero-order valence-electron chi connectivity index (χ0n) is 11.7. The standard InChI is InChI=1S/C12H17F3N4O.ClH/c1-8(12(13,14)15)11(20)19-6-3-16-7-9(19)10-17-4-5-18(10)2;/h4-5,8-9,16H,3,6-7H2,1-2H3;1H. The average Bonchev–Trinajstić information content (AvgIpc) is 2.82. The van der Waals surface area contributed by atoms with Gasteiger partial charge < -0.3 is 14.8 Å². The molecule has 0 bridgehead atoms. The van der Waals surface area contributed by atoms with E-state index in [4.69, 9.17) is 0 Å². The van der Waals surface area contributed by atoms with Gasteiger partial charge in [0.25, 0.3) is 0 Å². The predicted octanol–water partition coefficient (Wildman–Crippen LogP) is 1.51. The third-order valence-electron chi connectivity index (χ3n) is 3.54. The summed E-state index contributed by atoms with van der Waals surface area (Å²) in [6.45, 7) is 2.04. The number of amides is 1. The molecule has 0 saturated carbocycles. The molecule has 9 heteroatoms. The fourth-order valence-electron chi connectivity index (χ4n) is 2.29. The van der Waals surface area contributed by atoms with E-state index in [-0.39, 0.29) is 19.0 Å². The minimum atomic E-state index is -4.52. The van der Waals surface area contributed by atoms with Crippen molar-refractivity contribution in [2.24, 2.45) is 13.0 Å². The van der Waals surface area contributed by atoms with Gasteiger partial charge in [-0.15, -0.1) is 12.4 Å². The first-order valence-corrected chi connectivity index (χ1v) is 6.37. The molecule has 2 rings (SSSR count). The fraction of sp³-hybridized carbons (Fsp3) is 0.667. The normalized spacial score (nSPS) is 20.8. The van der Waals surface area contributed by atoms with Gasteiger partial charge in [0.15, 0.2) is 0 Å². The molecular weight excluding hydrogens is 309 g/mol. The van der Waals surface area contributed by atoms with Crippen molar-refractivity contribution >= 4 is 18.3 Å².